The van der Waals surface area contributed by atoms with Crippen molar-refractivity contribution in [1.82, 2.24) is 19.9 Å². The van der Waals surface area contributed by atoms with Crippen LogP contribution in [0.3, 0.4) is 0 Å². The van der Waals surface area contributed by atoms with Gasteiger partial charge in [-0.1, -0.05) is 30.3 Å². The monoisotopic (exact) mass is 438 g/mol. The van der Waals surface area contributed by atoms with Crippen molar-refractivity contribution >= 4 is 39.2 Å². The number of rotatable bonds is 8. The highest BCUT2D eigenvalue weighted by Gasteiger charge is 2.23. The number of para-hydroxylation sites is 2. The summed E-state index contributed by atoms with van der Waals surface area (Å²) in [5.74, 6) is 2.46. The average Bonchev–Trinajstić information content (AvgIpc) is 3.37. The molecule has 0 radical (unpaired) electrons. The molecule has 0 aliphatic heterocycles. The van der Waals surface area contributed by atoms with Crippen LogP contribution in [0, 0.1) is 0 Å². The van der Waals surface area contributed by atoms with Gasteiger partial charge in [-0.25, -0.2) is 9.97 Å². The van der Waals surface area contributed by atoms with E-state index in [2.05, 4.69) is 21.4 Å². The Morgan fingerprint density at radius 2 is 2.03 bits per heavy atom. The summed E-state index contributed by atoms with van der Waals surface area (Å²) in [6.07, 6.45) is 3.59. The van der Waals surface area contributed by atoms with Crippen LogP contribution in [-0.4, -0.2) is 33.3 Å². The molecule has 0 fully saturated rings. The summed E-state index contributed by atoms with van der Waals surface area (Å²) in [6.45, 7) is 0. The molecule has 1 N–H and O–H groups in total. The minimum absolute atomic E-state index is 0.0555. The molecule has 2 aromatic heterocycles. The molecular weight excluding hydrogens is 416 g/mol. The lowest BCUT2D eigenvalue weighted by Gasteiger charge is -2.21. The van der Waals surface area contributed by atoms with Crippen molar-refractivity contribution in [1.29, 1.82) is 0 Å². The highest BCUT2D eigenvalue weighted by Crippen LogP contribution is 2.29. The molecule has 1 atom stereocenters. The van der Waals surface area contributed by atoms with Crippen LogP contribution in [0.25, 0.3) is 10.2 Å². The molecule has 30 heavy (non-hydrogen) atoms. The number of methoxy groups -OCH3 is 1. The average molecular weight is 439 g/mol. The Morgan fingerprint density at radius 1 is 1.23 bits per heavy atom. The number of nitrogens with zero attached hydrogens (tertiary/aromatic N) is 3. The van der Waals surface area contributed by atoms with Crippen molar-refractivity contribution in [3.05, 3.63) is 77.3 Å². The third-order valence-corrected chi connectivity index (χ3v) is 6.83. The molecule has 4 rings (SSSR count). The highest BCUT2D eigenvalue weighted by molar-refractivity contribution is 7.99. The molecule has 0 saturated heterocycles. The first-order valence-corrected chi connectivity index (χ1v) is 11.4. The number of carbonyl (C=O) groups excluding carboxylic acids is 1. The number of nitrogens with one attached hydrogen (secondary N) is 1. The van der Waals surface area contributed by atoms with Crippen molar-refractivity contribution in [2.45, 2.75) is 11.8 Å². The van der Waals surface area contributed by atoms with Gasteiger partial charge in [-0.15, -0.1) is 23.1 Å². The maximum atomic E-state index is 12.8. The molecule has 6 nitrogen and oxygen atoms in total. The van der Waals surface area contributed by atoms with E-state index in [1.807, 2.05) is 60.3 Å². The summed E-state index contributed by atoms with van der Waals surface area (Å²) >= 11 is 3.23. The highest BCUT2D eigenvalue weighted by atomic mass is 32.2. The second-order valence-corrected chi connectivity index (χ2v) is 8.81. The number of thiazole rings is 1. The third-order valence-electron chi connectivity index (χ3n) is 4.67. The minimum atomic E-state index is -0.392. The van der Waals surface area contributed by atoms with Gasteiger partial charge in [0.25, 0.3) is 0 Å². The summed E-state index contributed by atoms with van der Waals surface area (Å²) in [5.41, 5.74) is 1.88. The molecule has 2 heterocycles. The number of benzene rings is 2. The van der Waals surface area contributed by atoms with Gasteiger partial charge in [-0.2, -0.15) is 0 Å². The van der Waals surface area contributed by atoms with Gasteiger partial charge < -0.3 is 14.6 Å². The lowest BCUT2D eigenvalue weighted by molar-refractivity contribution is -0.119. The number of hydrogen-bond acceptors (Lipinski definition) is 6. The number of hydrogen-bond donors (Lipinski definition) is 1. The van der Waals surface area contributed by atoms with Crippen LogP contribution in [-0.2, 0) is 17.6 Å². The van der Waals surface area contributed by atoms with Crippen molar-refractivity contribution in [3.63, 3.8) is 0 Å². The molecule has 1 unspecified atom stereocenters. The van der Waals surface area contributed by atoms with Gasteiger partial charge in [-0.3, -0.25) is 4.79 Å². The Labute approximate surface area is 183 Å². The second kappa shape index (κ2) is 9.32. The number of carbonyl (C=O) groups is 1. The van der Waals surface area contributed by atoms with E-state index in [9.17, 15) is 4.79 Å². The number of thioether (sulfide) groups is 1. The summed E-state index contributed by atoms with van der Waals surface area (Å²) in [5, 5.41) is 4.15. The van der Waals surface area contributed by atoms with E-state index in [0.29, 0.717) is 17.3 Å². The molecule has 0 aliphatic rings. The molecule has 8 heteroatoms. The number of imidazole rings is 1. The minimum Gasteiger partial charge on any atom is -0.496 e. The van der Waals surface area contributed by atoms with Crippen molar-refractivity contribution in [2.75, 3.05) is 12.9 Å². The predicted molar refractivity (Wildman–Crippen MR) is 122 cm³/mol. The summed E-state index contributed by atoms with van der Waals surface area (Å²) in [4.78, 5) is 21.8. The molecule has 2 aromatic carbocycles. The zero-order chi connectivity index (χ0) is 20.9. The Bertz CT molecular complexity index is 1120. The number of ether oxygens (including phenoxy) is 1. The fourth-order valence-electron chi connectivity index (χ4n) is 3.26. The molecule has 0 saturated carbocycles. The first-order valence-electron chi connectivity index (χ1n) is 9.47. The summed E-state index contributed by atoms with van der Waals surface area (Å²) in [6, 6.07) is 15.4. The van der Waals surface area contributed by atoms with E-state index in [1.54, 1.807) is 36.4 Å². The predicted octanol–water partition coefficient (Wildman–Crippen LogP) is 4.18. The Hall–Kier alpha value is -2.84. The van der Waals surface area contributed by atoms with E-state index < -0.39 is 6.04 Å². The van der Waals surface area contributed by atoms with E-state index >= 15 is 0 Å². The van der Waals surface area contributed by atoms with Crippen molar-refractivity contribution in [2.24, 2.45) is 7.05 Å². The van der Waals surface area contributed by atoms with Gasteiger partial charge in [0.05, 0.1) is 23.1 Å². The third kappa shape index (κ3) is 4.49. The summed E-state index contributed by atoms with van der Waals surface area (Å²) in [7, 11) is 3.54. The molecular formula is C22H22N4O2S2. The largest absolute Gasteiger partial charge is 0.496 e. The van der Waals surface area contributed by atoms with Gasteiger partial charge in [0.2, 0.25) is 5.91 Å². The maximum absolute atomic E-state index is 12.8. The van der Waals surface area contributed by atoms with Crippen LogP contribution in [0.2, 0.25) is 0 Å². The fourth-order valence-corrected chi connectivity index (χ4v) is 5.12. The van der Waals surface area contributed by atoms with E-state index in [1.165, 1.54) is 4.70 Å². The SMILES string of the molecule is COc1ccccc1C(NC(=O)CSCc1nc2ccccc2s1)c1nccn1C. The Morgan fingerprint density at radius 3 is 2.80 bits per heavy atom. The van der Waals surface area contributed by atoms with Crippen LogP contribution in [0.5, 0.6) is 5.75 Å². The van der Waals surface area contributed by atoms with Crippen molar-refractivity contribution < 1.29 is 9.53 Å². The Kier molecular flexibility index (Phi) is 6.35. The first kappa shape index (κ1) is 20.4. The van der Waals surface area contributed by atoms with E-state index in [0.717, 1.165) is 21.9 Å². The van der Waals surface area contributed by atoms with Crippen LogP contribution in [0.15, 0.2) is 60.9 Å². The lowest BCUT2D eigenvalue weighted by atomic mass is 10.0. The summed E-state index contributed by atoms with van der Waals surface area (Å²) < 4.78 is 8.59. The van der Waals surface area contributed by atoms with Gasteiger partial charge >= 0.3 is 0 Å². The topological polar surface area (TPSA) is 69.0 Å². The van der Waals surface area contributed by atoms with Gasteiger partial charge in [0.1, 0.15) is 22.6 Å². The quantitative estimate of drug-likeness (QED) is 0.447. The standard InChI is InChI=1S/C22H22N4O2S2/c1-26-12-11-23-22(26)21(15-7-3-5-9-17(15)28-2)25-19(27)13-29-14-20-24-16-8-4-6-10-18(16)30-20/h3-12,21H,13-14H2,1-2H3,(H,25,27). The molecule has 4 aromatic rings. The molecule has 1 amide bonds. The van der Waals surface area contributed by atoms with Crippen LogP contribution in [0.4, 0.5) is 0 Å². The zero-order valence-electron chi connectivity index (χ0n) is 16.7. The van der Waals surface area contributed by atoms with Crippen LogP contribution >= 0.6 is 23.1 Å². The lowest BCUT2D eigenvalue weighted by Crippen LogP contribution is -2.32. The molecule has 154 valence electrons. The van der Waals surface area contributed by atoms with E-state index in [4.69, 9.17) is 4.74 Å². The number of aromatic nitrogens is 3. The molecule has 0 bridgehead atoms. The normalized spacial score (nSPS) is 12.1. The van der Waals surface area contributed by atoms with Crippen LogP contribution < -0.4 is 10.1 Å². The number of fused-ring (bicyclic) bond motifs is 1. The first-order chi connectivity index (χ1) is 14.7. The van der Waals surface area contributed by atoms with Crippen LogP contribution in [0.1, 0.15) is 22.4 Å². The fraction of sp³-hybridized carbons (Fsp3) is 0.227. The maximum Gasteiger partial charge on any atom is 0.230 e. The van der Waals surface area contributed by atoms with Gasteiger partial charge in [-0.05, 0) is 18.2 Å². The molecule has 0 spiro atoms. The smallest absolute Gasteiger partial charge is 0.230 e. The van der Waals surface area contributed by atoms with E-state index in [-0.39, 0.29) is 5.91 Å². The Balaban J connectivity index is 1.44. The molecule has 0 aliphatic carbocycles. The zero-order valence-corrected chi connectivity index (χ0v) is 18.4. The van der Waals surface area contributed by atoms with Gasteiger partial charge in [0.15, 0.2) is 0 Å². The van der Waals surface area contributed by atoms with Crippen molar-refractivity contribution in [3.8, 4) is 5.75 Å². The number of aryl methyl sites for hydroxylation is 1. The van der Waals surface area contributed by atoms with Gasteiger partial charge in [0, 0.05) is 30.8 Å². The second-order valence-electron chi connectivity index (χ2n) is 6.71. The number of amides is 1.